The van der Waals surface area contributed by atoms with E-state index in [-0.39, 0.29) is 18.6 Å². The lowest BCUT2D eigenvalue weighted by Crippen LogP contribution is -2.56. The smallest absolute Gasteiger partial charge is 0.237 e. The number of hydrogen-bond donors (Lipinski definition) is 3. The summed E-state index contributed by atoms with van der Waals surface area (Å²) in [6.07, 6.45) is 1.47. The number of thioether (sulfide) groups is 1. The summed E-state index contributed by atoms with van der Waals surface area (Å²) in [5.74, 6) is -0.307. The monoisotopic (exact) mass is 276 g/mol. The van der Waals surface area contributed by atoms with Crippen LogP contribution in [0.2, 0.25) is 0 Å². The maximum absolute atomic E-state index is 11.6. The molecule has 0 radical (unpaired) electrons. The second kappa shape index (κ2) is 8.02. The number of carbonyl (C=O) groups is 1. The van der Waals surface area contributed by atoms with E-state index in [1.54, 1.807) is 11.8 Å². The van der Waals surface area contributed by atoms with Gasteiger partial charge in [0.25, 0.3) is 0 Å². The summed E-state index contributed by atoms with van der Waals surface area (Å²) >= 11 is 1.79. The number of carbonyl (C=O) groups excluding carboxylic acids is 1. The van der Waals surface area contributed by atoms with Crippen LogP contribution < -0.4 is 11.1 Å². The van der Waals surface area contributed by atoms with Crippen molar-refractivity contribution in [2.24, 2.45) is 5.73 Å². The van der Waals surface area contributed by atoms with Gasteiger partial charge in [-0.15, -0.1) is 0 Å². The average Bonchev–Trinajstić information content (AvgIpc) is 2.15. The first-order valence-electron chi connectivity index (χ1n) is 6.55. The fourth-order valence-corrected chi connectivity index (χ4v) is 3.60. The highest BCUT2D eigenvalue weighted by molar-refractivity contribution is 8.00. The van der Waals surface area contributed by atoms with Crippen molar-refractivity contribution in [3.05, 3.63) is 0 Å². The number of hydrogen-bond acceptors (Lipinski definition) is 4. The molecular formula is C13H28N2O2S. The fourth-order valence-electron chi connectivity index (χ4n) is 2.14. The van der Waals surface area contributed by atoms with E-state index in [1.807, 2.05) is 20.8 Å². The summed E-state index contributed by atoms with van der Waals surface area (Å²) in [5, 5.41) is 12.8. The molecule has 0 aromatic rings. The van der Waals surface area contributed by atoms with Crippen LogP contribution in [0.25, 0.3) is 0 Å². The van der Waals surface area contributed by atoms with E-state index in [0.717, 1.165) is 6.42 Å². The molecule has 0 aromatic heterocycles. The minimum Gasteiger partial charge on any atom is -0.396 e. The molecule has 3 atom stereocenters. The van der Waals surface area contributed by atoms with Crippen LogP contribution in [-0.4, -0.2) is 39.7 Å². The Morgan fingerprint density at radius 3 is 2.28 bits per heavy atom. The quantitative estimate of drug-likeness (QED) is 0.597. The van der Waals surface area contributed by atoms with Crippen molar-refractivity contribution in [3.8, 4) is 0 Å². The Morgan fingerprint density at radius 1 is 1.33 bits per heavy atom. The van der Waals surface area contributed by atoms with Crippen molar-refractivity contribution < 1.29 is 9.90 Å². The lowest BCUT2D eigenvalue weighted by atomic mass is 9.94. The van der Waals surface area contributed by atoms with Crippen molar-refractivity contribution in [2.45, 2.75) is 69.5 Å². The van der Waals surface area contributed by atoms with E-state index >= 15 is 0 Å². The summed E-state index contributed by atoms with van der Waals surface area (Å²) in [5.41, 5.74) is 4.84. The first-order valence-corrected chi connectivity index (χ1v) is 7.49. The molecule has 4 N–H and O–H groups in total. The number of rotatable bonds is 9. The Morgan fingerprint density at radius 2 is 1.89 bits per heavy atom. The average molecular weight is 276 g/mol. The van der Waals surface area contributed by atoms with Gasteiger partial charge in [0.05, 0.1) is 5.54 Å². The van der Waals surface area contributed by atoms with E-state index in [0.29, 0.717) is 16.9 Å². The Balaban J connectivity index is 4.45. The van der Waals surface area contributed by atoms with Gasteiger partial charge in [-0.3, -0.25) is 4.79 Å². The van der Waals surface area contributed by atoms with E-state index in [1.165, 1.54) is 0 Å². The van der Waals surface area contributed by atoms with Gasteiger partial charge in [0.1, 0.15) is 0 Å². The normalized spacial score (nSPS) is 18.4. The van der Waals surface area contributed by atoms with Gasteiger partial charge >= 0.3 is 0 Å². The number of nitrogens with two attached hydrogens (primary N) is 1. The highest BCUT2D eigenvalue weighted by Crippen LogP contribution is 2.27. The lowest BCUT2D eigenvalue weighted by molar-refractivity contribution is -0.124. The largest absolute Gasteiger partial charge is 0.396 e. The maximum atomic E-state index is 11.6. The number of nitrogens with one attached hydrogen (secondary N) is 1. The van der Waals surface area contributed by atoms with Gasteiger partial charge in [0, 0.05) is 23.1 Å². The van der Waals surface area contributed by atoms with Gasteiger partial charge in [-0.25, -0.2) is 0 Å². The molecule has 4 nitrogen and oxygen atoms in total. The summed E-state index contributed by atoms with van der Waals surface area (Å²) in [4.78, 5) is 11.6. The van der Waals surface area contributed by atoms with Crippen LogP contribution in [0.15, 0.2) is 0 Å². The Kier molecular flexibility index (Phi) is 7.90. The molecule has 0 bridgehead atoms. The molecule has 3 unspecified atom stereocenters. The van der Waals surface area contributed by atoms with Crippen LogP contribution in [0.3, 0.4) is 0 Å². The molecule has 0 saturated carbocycles. The summed E-state index contributed by atoms with van der Waals surface area (Å²) in [7, 11) is 0. The van der Waals surface area contributed by atoms with Gasteiger partial charge in [0.2, 0.25) is 5.91 Å². The van der Waals surface area contributed by atoms with Gasteiger partial charge in [0.15, 0.2) is 0 Å². The molecule has 18 heavy (non-hydrogen) atoms. The first-order chi connectivity index (χ1) is 8.21. The molecule has 0 heterocycles. The van der Waals surface area contributed by atoms with Gasteiger partial charge in [-0.1, -0.05) is 13.8 Å². The molecule has 0 fully saturated rings. The van der Waals surface area contributed by atoms with Crippen molar-refractivity contribution in [3.63, 3.8) is 0 Å². The SMILES string of the molecule is CC(C)NC(C)(CC(C)SC(C)CCO)C(N)=O. The number of amides is 1. The molecule has 5 heteroatoms. The third-order valence-corrected chi connectivity index (χ3v) is 4.18. The van der Waals surface area contributed by atoms with Crippen molar-refractivity contribution >= 4 is 17.7 Å². The molecule has 0 aromatic carbocycles. The van der Waals surface area contributed by atoms with Crippen molar-refractivity contribution in [1.82, 2.24) is 5.32 Å². The van der Waals surface area contributed by atoms with Crippen LogP contribution in [0.4, 0.5) is 0 Å². The van der Waals surface area contributed by atoms with Crippen LogP contribution in [-0.2, 0) is 4.79 Å². The summed E-state index contributed by atoms with van der Waals surface area (Å²) in [6, 6.07) is 0.217. The lowest BCUT2D eigenvalue weighted by Gasteiger charge is -2.32. The molecule has 108 valence electrons. The number of primary amides is 1. The van der Waals surface area contributed by atoms with Crippen LogP contribution >= 0.6 is 11.8 Å². The standard InChI is InChI=1S/C13H28N2O2S/c1-9(2)15-13(5,12(14)17)8-11(4)18-10(3)6-7-16/h9-11,15-16H,6-8H2,1-5H3,(H2,14,17). The minimum atomic E-state index is -0.667. The van der Waals surface area contributed by atoms with Crippen LogP contribution in [0.5, 0.6) is 0 Å². The molecule has 0 saturated heterocycles. The van der Waals surface area contributed by atoms with E-state index in [2.05, 4.69) is 19.2 Å². The molecule has 0 rings (SSSR count). The predicted molar refractivity (Wildman–Crippen MR) is 78.7 cm³/mol. The van der Waals surface area contributed by atoms with Crippen LogP contribution in [0.1, 0.15) is 47.5 Å². The zero-order valence-corrected chi connectivity index (χ0v) is 13.0. The minimum absolute atomic E-state index is 0.207. The predicted octanol–water partition coefficient (Wildman–Crippen LogP) is 1.51. The maximum Gasteiger partial charge on any atom is 0.237 e. The fraction of sp³-hybridized carbons (Fsp3) is 0.923. The van der Waals surface area contributed by atoms with E-state index < -0.39 is 5.54 Å². The van der Waals surface area contributed by atoms with Gasteiger partial charge in [-0.05, 0) is 33.6 Å². The first kappa shape index (κ1) is 17.7. The topological polar surface area (TPSA) is 75.3 Å². The van der Waals surface area contributed by atoms with Crippen LogP contribution in [0, 0.1) is 0 Å². The molecular weight excluding hydrogens is 248 g/mol. The zero-order valence-electron chi connectivity index (χ0n) is 12.2. The Labute approximate surface area is 115 Å². The summed E-state index contributed by atoms with van der Waals surface area (Å²) < 4.78 is 0. The molecule has 0 spiro atoms. The number of aliphatic hydroxyl groups excluding tert-OH is 1. The van der Waals surface area contributed by atoms with Gasteiger partial charge in [-0.2, -0.15) is 11.8 Å². The van der Waals surface area contributed by atoms with Gasteiger partial charge < -0.3 is 16.2 Å². The molecule has 0 aliphatic heterocycles. The Hall–Kier alpha value is -0.260. The highest BCUT2D eigenvalue weighted by Gasteiger charge is 2.33. The van der Waals surface area contributed by atoms with E-state index in [9.17, 15) is 4.79 Å². The second-order valence-electron chi connectivity index (χ2n) is 5.47. The molecule has 0 aliphatic rings. The molecule has 1 amide bonds. The summed E-state index contributed by atoms with van der Waals surface area (Å²) in [6.45, 7) is 10.3. The van der Waals surface area contributed by atoms with E-state index in [4.69, 9.17) is 10.8 Å². The Bertz CT molecular complexity index is 261. The molecule has 0 aliphatic carbocycles. The third-order valence-electron chi connectivity index (χ3n) is 2.85. The van der Waals surface area contributed by atoms with Crippen molar-refractivity contribution in [1.29, 1.82) is 0 Å². The number of aliphatic hydroxyl groups is 1. The highest BCUT2D eigenvalue weighted by atomic mass is 32.2. The third kappa shape index (κ3) is 6.61. The zero-order chi connectivity index (χ0) is 14.3. The van der Waals surface area contributed by atoms with Crippen molar-refractivity contribution in [2.75, 3.05) is 6.61 Å². The second-order valence-corrected chi connectivity index (χ2v) is 7.35.